The van der Waals surface area contributed by atoms with Crippen molar-refractivity contribution in [1.29, 1.82) is 0 Å². The minimum Gasteiger partial charge on any atom is -0.385 e. The number of ether oxygens (including phenoxy) is 1. The van der Waals surface area contributed by atoms with E-state index in [2.05, 4.69) is 0 Å². The van der Waals surface area contributed by atoms with Crippen molar-refractivity contribution in [3.63, 3.8) is 0 Å². The van der Waals surface area contributed by atoms with Gasteiger partial charge in [0.15, 0.2) is 0 Å². The first-order valence-electron chi connectivity index (χ1n) is 11.1. The highest BCUT2D eigenvalue weighted by molar-refractivity contribution is 5.60. The molecule has 0 aliphatic carbocycles. The molecule has 1 aliphatic heterocycles. The van der Waals surface area contributed by atoms with E-state index >= 15 is 0 Å². The fourth-order valence-corrected chi connectivity index (χ4v) is 4.15. The van der Waals surface area contributed by atoms with E-state index < -0.39 is 11.7 Å². The molecule has 3 aromatic rings. The molecule has 9 heteroatoms. The van der Waals surface area contributed by atoms with Gasteiger partial charge in [0.05, 0.1) is 24.6 Å². The quantitative estimate of drug-likeness (QED) is 0.472. The predicted octanol–water partition coefficient (Wildman–Crippen LogP) is 4.57. The molecule has 0 fully saturated rings. The number of hydrogen-bond donors (Lipinski definition) is 0. The number of aryl methyl sites for hydroxylation is 1. The Bertz CT molecular complexity index is 1200. The molecule has 0 spiro atoms. The standard InChI is InChI=1S/C25H27F3N4O2/c1-18-22(14-19-8-4-3-5-9-19)23(33)32-17-30(12-7-13-34-2)16-31(24(32)29-18)21-11-6-10-20(15-21)25(26,27)28/h3-6,8-11,15H,7,12-14,16-17H2,1-2H3. The van der Waals surface area contributed by atoms with E-state index in [1.807, 2.05) is 35.2 Å². The van der Waals surface area contributed by atoms with E-state index in [-0.39, 0.29) is 5.56 Å². The number of aromatic nitrogens is 2. The Morgan fingerprint density at radius 1 is 1.06 bits per heavy atom. The number of anilines is 2. The number of methoxy groups -OCH3 is 1. The summed E-state index contributed by atoms with van der Waals surface area (Å²) in [5, 5.41) is 0. The van der Waals surface area contributed by atoms with Gasteiger partial charge in [-0.2, -0.15) is 13.2 Å². The molecule has 2 aromatic carbocycles. The van der Waals surface area contributed by atoms with Crippen molar-refractivity contribution in [3.8, 4) is 0 Å². The van der Waals surface area contributed by atoms with Crippen molar-refractivity contribution in [2.45, 2.75) is 32.6 Å². The van der Waals surface area contributed by atoms with Crippen molar-refractivity contribution >= 4 is 11.6 Å². The lowest BCUT2D eigenvalue weighted by Crippen LogP contribution is -2.48. The van der Waals surface area contributed by atoms with Crippen LogP contribution in [0, 0.1) is 6.92 Å². The zero-order chi connectivity index (χ0) is 24.3. The van der Waals surface area contributed by atoms with Gasteiger partial charge in [0.25, 0.3) is 5.56 Å². The second kappa shape index (κ2) is 9.99. The lowest BCUT2D eigenvalue weighted by atomic mass is 10.1. The van der Waals surface area contributed by atoms with E-state index in [9.17, 15) is 18.0 Å². The molecule has 1 aromatic heterocycles. The van der Waals surface area contributed by atoms with E-state index in [1.165, 1.54) is 6.07 Å². The monoisotopic (exact) mass is 472 g/mol. The van der Waals surface area contributed by atoms with Gasteiger partial charge in [0, 0.05) is 37.9 Å². The SMILES string of the molecule is COCCCN1CN(c2cccc(C(F)(F)F)c2)c2nc(C)c(Cc3ccccc3)c(=O)n2C1. The Morgan fingerprint density at radius 2 is 1.82 bits per heavy atom. The molecule has 0 atom stereocenters. The van der Waals surface area contributed by atoms with Gasteiger partial charge in [-0.25, -0.2) is 4.98 Å². The number of nitrogens with zero attached hydrogens (tertiary/aromatic N) is 4. The summed E-state index contributed by atoms with van der Waals surface area (Å²) in [7, 11) is 1.62. The maximum Gasteiger partial charge on any atom is 0.416 e. The summed E-state index contributed by atoms with van der Waals surface area (Å²) in [6, 6.07) is 14.8. The molecular weight excluding hydrogens is 445 g/mol. The molecular formula is C25H27F3N4O2. The molecule has 0 radical (unpaired) electrons. The smallest absolute Gasteiger partial charge is 0.385 e. The van der Waals surface area contributed by atoms with Crippen molar-refractivity contribution in [3.05, 3.63) is 87.3 Å². The molecule has 1 aliphatic rings. The number of alkyl halides is 3. The first-order chi connectivity index (χ1) is 16.3. The third-order valence-corrected chi connectivity index (χ3v) is 5.91. The van der Waals surface area contributed by atoms with Crippen LogP contribution in [0.1, 0.15) is 28.8 Å². The zero-order valence-corrected chi connectivity index (χ0v) is 19.2. The second-order valence-corrected chi connectivity index (χ2v) is 8.37. The number of fused-ring (bicyclic) bond motifs is 1. The van der Waals surface area contributed by atoms with Gasteiger partial charge in [-0.1, -0.05) is 36.4 Å². The summed E-state index contributed by atoms with van der Waals surface area (Å²) < 4.78 is 46.9. The van der Waals surface area contributed by atoms with E-state index in [0.717, 1.165) is 24.1 Å². The molecule has 34 heavy (non-hydrogen) atoms. The minimum absolute atomic E-state index is 0.181. The summed E-state index contributed by atoms with van der Waals surface area (Å²) in [6.07, 6.45) is -3.30. The average molecular weight is 473 g/mol. The van der Waals surface area contributed by atoms with Crippen LogP contribution in [0.3, 0.4) is 0 Å². The van der Waals surface area contributed by atoms with Gasteiger partial charge in [-0.3, -0.25) is 19.2 Å². The van der Waals surface area contributed by atoms with Crippen LogP contribution < -0.4 is 10.5 Å². The number of benzene rings is 2. The molecule has 0 bridgehead atoms. The highest BCUT2D eigenvalue weighted by atomic mass is 19.4. The van der Waals surface area contributed by atoms with Crippen molar-refractivity contribution in [2.75, 3.05) is 31.8 Å². The Labute approximate surface area is 196 Å². The van der Waals surface area contributed by atoms with Crippen LogP contribution in [-0.4, -0.2) is 41.4 Å². The lowest BCUT2D eigenvalue weighted by molar-refractivity contribution is -0.137. The van der Waals surface area contributed by atoms with Gasteiger partial charge in [-0.05, 0) is 37.1 Å². The number of rotatable bonds is 7. The van der Waals surface area contributed by atoms with Gasteiger partial charge >= 0.3 is 6.18 Å². The van der Waals surface area contributed by atoms with Gasteiger partial charge in [0.1, 0.15) is 0 Å². The Hall–Kier alpha value is -3.17. The van der Waals surface area contributed by atoms with Crippen molar-refractivity contribution < 1.29 is 17.9 Å². The van der Waals surface area contributed by atoms with E-state index in [0.29, 0.717) is 55.8 Å². The maximum absolute atomic E-state index is 13.6. The summed E-state index contributed by atoms with van der Waals surface area (Å²) in [5.41, 5.74) is 1.56. The van der Waals surface area contributed by atoms with Crippen LogP contribution in [0.4, 0.5) is 24.8 Å². The molecule has 4 rings (SSSR count). The molecule has 6 nitrogen and oxygen atoms in total. The maximum atomic E-state index is 13.6. The largest absolute Gasteiger partial charge is 0.416 e. The van der Waals surface area contributed by atoms with E-state index in [1.54, 1.807) is 29.6 Å². The molecule has 2 heterocycles. The van der Waals surface area contributed by atoms with Gasteiger partial charge in [-0.15, -0.1) is 0 Å². The molecule has 180 valence electrons. The van der Waals surface area contributed by atoms with Crippen LogP contribution >= 0.6 is 0 Å². The Kier molecular flexibility index (Phi) is 7.04. The third-order valence-electron chi connectivity index (χ3n) is 5.91. The van der Waals surface area contributed by atoms with Crippen LogP contribution in [0.25, 0.3) is 0 Å². The van der Waals surface area contributed by atoms with Gasteiger partial charge < -0.3 is 4.74 Å². The summed E-state index contributed by atoms with van der Waals surface area (Å²) in [5.74, 6) is 0.349. The minimum atomic E-state index is -4.47. The van der Waals surface area contributed by atoms with Crippen molar-refractivity contribution in [1.82, 2.24) is 14.5 Å². The fraction of sp³-hybridized carbons (Fsp3) is 0.360. The molecule has 0 amide bonds. The molecule has 0 saturated heterocycles. The van der Waals surface area contributed by atoms with Crippen LogP contribution in [0.15, 0.2) is 59.4 Å². The van der Waals surface area contributed by atoms with Crippen molar-refractivity contribution in [2.24, 2.45) is 0 Å². The normalized spacial score (nSPS) is 14.3. The lowest BCUT2D eigenvalue weighted by Gasteiger charge is -2.38. The van der Waals surface area contributed by atoms with Crippen LogP contribution in [0.5, 0.6) is 0 Å². The summed E-state index contributed by atoms with van der Waals surface area (Å²) >= 11 is 0. The number of halogens is 3. The first-order valence-corrected chi connectivity index (χ1v) is 11.1. The molecule has 0 N–H and O–H groups in total. The predicted molar refractivity (Wildman–Crippen MR) is 124 cm³/mol. The number of hydrogen-bond acceptors (Lipinski definition) is 5. The average Bonchev–Trinajstić information content (AvgIpc) is 2.82. The van der Waals surface area contributed by atoms with Crippen LogP contribution in [0.2, 0.25) is 0 Å². The first kappa shape index (κ1) is 24.0. The third kappa shape index (κ3) is 5.15. The summed E-state index contributed by atoms with van der Waals surface area (Å²) in [4.78, 5) is 22.0. The molecule has 0 unspecified atom stereocenters. The fourth-order valence-electron chi connectivity index (χ4n) is 4.15. The topological polar surface area (TPSA) is 50.6 Å². The second-order valence-electron chi connectivity index (χ2n) is 8.37. The Morgan fingerprint density at radius 3 is 2.53 bits per heavy atom. The highest BCUT2D eigenvalue weighted by Crippen LogP contribution is 2.34. The van der Waals surface area contributed by atoms with E-state index in [4.69, 9.17) is 9.72 Å². The molecule has 0 saturated carbocycles. The summed E-state index contributed by atoms with van der Waals surface area (Å²) in [6.45, 7) is 3.57. The van der Waals surface area contributed by atoms with Crippen LogP contribution in [-0.2, 0) is 24.0 Å². The van der Waals surface area contributed by atoms with Gasteiger partial charge in [0.2, 0.25) is 5.95 Å². The Balaban J connectivity index is 1.78. The zero-order valence-electron chi connectivity index (χ0n) is 19.2. The highest BCUT2D eigenvalue weighted by Gasteiger charge is 2.33.